The molecule has 6 heteroatoms. The predicted octanol–water partition coefficient (Wildman–Crippen LogP) is 2.91. The second-order valence-corrected chi connectivity index (χ2v) is 6.52. The summed E-state index contributed by atoms with van der Waals surface area (Å²) in [5.74, 6) is 1.58. The number of hydrogen-bond acceptors (Lipinski definition) is 4. The first-order valence-corrected chi connectivity index (χ1v) is 8.17. The maximum Gasteiger partial charge on any atom is 0.167 e. The first-order valence-electron chi connectivity index (χ1n) is 7.37. The molecule has 0 aliphatic carbocycles. The van der Waals surface area contributed by atoms with Crippen molar-refractivity contribution in [2.45, 2.75) is 31.7 Å². The number of tetrazole rings is 1. The summed E-state index contributed by atoms with van der Waals surface area (Å²) in [6.45, 7) is 4.35. The summed E-state index contributed by atoms with van der Waals surface area (Å²) in [7, 11) is 1.90. The lowest BCUT2D eigenvalue weighted by Gasteiger charge is -2.35. The first kappa shape index (κ1) is 14.7. The van der Waals surface area contributed by atoms with Gasteiger partial charge < -0.3 is 0 Å². The molecule has 3 rings (SSSR count). The van der Waals surface area contributed by atoms with Crippen molar-refractivity contribution in [3.8, 4) is 0 Å². The minimum atomic E-state index is 0.269. The zero-order valence-electron chi connectivity index (χ0n) is 12.4. The van der Waals surface area contributed by atoms with Gasteiger partial charge in [0.15, 0.2) is 5.82 Å². The molecular formula is C15H20BrN5. The van der Waals surface area contributed by atoms with Crippen LogP contribution in [-0.4, -0.2) is 38.2 Å². The number of hydrogen-bond donors (Lipinski definition) is 0. The summed E-state index contributed by atoms with van der Waals surface area (Å²) in [6, 6.07) is 8.84. The van der Waals surface area contributed by atoms with Crippen LogP contribution in [0.4, 0.5) is 0 Å². The molecule has 21 heavy (non-hydrogen) atoms. The fraction of sp³-hybridized carbons (Fsp3) is 0.533. The molecule has 0 amide bonds. The van der Waals surface area contributed by atoms with Crippen molar-refractivity contribution in [2.75, 3.05) is 13.1 Å². The van der Waals surface area contributed by atoms with Gasteiger partial charge in [0, 0.05) is 11.5 Å². The van der Waals surface area contributed by atoms with Crippen LogP contribution in [0.25, 0.3) is 0 Å². The molecule has 0 spiro atoms. The highest BCUT2D eigenvalue weighted by Crippen LogP contribution is 2.34. The number of halogens is 1. The van der Waals surface area contributed by atoms with Crippen molar-refractivity contribution in [1.29, 1.82) is 0 Å². The Bertz CT molecular complexity index is 604. The Hall–Kier alpha value is -1.27. The standard InChI is InChI=1S/C15H20BrN5/c1-11(15-17-18-19-20(15)2)21-9-7-12(8-10-21)13-5-3-4-6-14(13)16/h3-6,11-12H,7-10H2,1-2H3. The molecule has 1 aliphatic heterocycles. The van der Waals surface area contributed by atoms with Gasteiger partial charge in [-0.2, -0.15) is 0 Å². The van der Waals surface area contributed by atoms with Crippen LogP contribution in [0.3, 0.4) is 0 Å². The first-order chi connectivity index (χ1) is 10.2. The van der Waals surface area contributed by atoms with Crippen molar-refractivity contribution < 1.29 is 0 Å². The van der Waals surface area contributed by atoms with E-state index in [0.29, 0.717) is 5.92 Å². The number of likely N-dealkylation sites (tertiary alicyclic amines) is 1. The van der Waals surface area contributed by atoms with Crippen molar-refractivity contribution in [3.05, 3.63) is 40.1 Å². The fourth-order valence-electron chi connectivity index (χ4n) is 3.16. The maximum absolute atomic E-state index is 4.13. The van der Waals surface area contributed by atoms with E-state index < -0.39 is 0 Å². The van der Waals surface area contributed by atoms with Crippen LogP contribution in [0, 0.1) is 0 Å². The fourth-order valence-corrected chi connectivity index (χ4v) is 3.77. The van der Waals surface area contributed by atoms with E-state index in [9.17, 15) is 0 Å². The highest BCUT2D eigenvalue weighted by atomic mass is 79.9. The Labute approximate surface area is 133 Å². The Morgan fingerprint density at radius 1 is 1.24 bits per heavy atom. The summed E-state index contributed by atoms with van der Waals surface area (Å²) in [5, 5.41) is 11.8. The number of rotatable bonds is 3. The highest BCUT2D eigenvalue weighted by Gasteiger charge is 2.27. The number of nitrogens with zero attached hydrogens (tertiary/aromatic N) is 5. The second-order valence-electron chi connectivity index (χ2n) is 5.67. The average Bonchev–Trinajstić information content (AvgIpc) is 2.93. The van der Waals surface area contributed by atoms with E-state index in [0.717, 1.165) is 18.9 Å². The number of aryl methyl sites for hydroxylation is 1. The van der Waals surface area contributed by atoms with Gasteiger partial charge in [-0.05, 0) is 60.8 Å². The third-order valence-corrected chi connectivity index (χ3v) is 5.17. The Morgan fingerprint density at radius 3 is 2.57 bits per heavy atom. The number of benzene rings is 1. The molecule has 2 heterocycles. The van der Waals surface area contributed by atoms with Crippen LogP contribution in [0.5, 0.6) is 0 Å². The zero-order valence-corrected chi connectivity index (χ0v) is 14.0. The predicted molar refractivity (Wildman–Crippen MR) is 84.9 cm³/mol. The van der Waals surface area contributed by atoms with E-state index >= 15 is 0 Å². The lowest BCUT2D eigenvalue weighted by atomic mass is 9.89. The Balaban J connectivity index is 1.66. The van der Waals surface area contributed by atoms with Gasteiger partial charge in [-0.3, -0.25) is 4.90 Å². The highest BCUT2D eigenvalue weighted by molar-refractivity contribution is 9.10. The monoisotopic (exact) mass is 349 g/mol. The molecule has 1 aromatic heterocycles. The SMILES string of the molecule is CC(c1nnnn1C)N1CCC(c2ccccc2Br)CC1. The van der Waals surface area contributed by atoms with E-state index in [1.165, 1.54) is 22.9 Å². The minimum absolute atomic E-state index is 0.269. The molecule has 1 saturated heterocycles. The normalized spacial score (nSPS) is 18.8. The van der Waals surface area contributed by atoms with Crippen molar-refractivity contribution in [1.82, 2.24) is 25.1 Å². The van der Waals surface area contributed by atoms with Crippen LogP contribution >= 0.6 is 15.9 Å². The van der Waals surface area contributed by atoms with E-state index in [2.05, 4.69) is 67.5 Å². The minimum Gasteiger partial charge on any atom is -0.294 e. The van der Waals surface area contributed by atoms with Gasteiger partial charge in [-0.25, -0.2) is 4.68 Å². The van der Waals surface area contributed by atoms with E-state index in [4.69, 9.17) is 0 Å². The lowest BCUT2D eigenvalue weighted by Crippen LogP contribution is -2.36. The largest absolute Gasteiger partial charge is 0.294 e. The summed E-state index contributed by atoms with van der Waals surface area (Å²) in [4.78, 5) is 2.47. The van der Waals surface area contributed by atoms with Crippen molar-refractivity contribution >= 4 is 15.9 Å². The van der Waals surface area contributed by atoms with E-state index in [1.54, 1.807) is 4.68 Å². The Morgan fingerprint density at radius 2 is 1.95 bits per heavy atom. The lowest BCUT2D eigenvalue weighted by molar-refractivity contribution is 0.154. The van der Waals surface area contributed by atoms with Crippen molar-refractivity contribution in [3.63, 3.8) is 0 Å². The molecule has 0 bridgehead atoms. The molecule has 1 unspecified atom stereocenters. The molecular weight excluding hydrogens is 330 g/mol. The van der Waals surface area contributed by atoms with Crippen LogP contribution < -0.4 is 0 Å². The second kappa shape index (κ2) is 6.23. The van der Waals surface area contributed by atoms with E-state index in [-0.39, 0.29) is 6.04 Å². The summed E-state index contributed by atoms with van der Waals surface area (Å²) < 4.78 is 3.00. The van der Waals surface area contributed by atoms with E-state index in [1.807, 2.05) is 7.05 Å². The maximum atomic E-state index is 4.13. The molecule has 2 aromatic rings. The molecule has 5 nitrogen and oxygen atoms in total. The van der Waals surface area contributed by atoms with Crippen LogP contribution in [0.2, 0.25) is 0 Å². The molecule has 0 radical (unpaired) electrons. The molecule has 1 aliphatic rings. The van der Waals surface area contributed by atoms with Gasteiger partial charge in [0.25, 0.3) is 0 Å². The van der Waals surface area contributed by atoms with Gasteiger partial charge in [0.2, 0.25) is 0 Å². The molecule has 1 atom stereocenters. The van der Waals surface area contributed by atoms with Gasteiger partial charge in [-0.1, -0.05) is 34.1 Å². The Kier molecular flexibility index (Phi) is 4.35. The van der Waals surface area contributed by atoms with Gasteiger partial charge in [0.1, 0.15) is 0 Å². The van der Waals surface area contributed by atoms with Gasteiger partial charge in [-0.15, -0.1) is 5.10 Å². The number of piperidine rings is 1. The van der Waals surface area contributed by atoms with Crippen LogP contribution in [0.1, 0.15) is 43.1 Å². The van der Waals surface area contributed by atoms with Crippen LogP contribution in [-0.2, 0) is 7.05 Å². The topological polar surface area (TPSA) is 46.8 Å². The van der Waals surface area contributed by atoms with Crippen molar-refractivity contribution in [2.24, 2.45) is 7.05 Å². The van der Waals surface area contributed by atoms with Crippen LogP contribution in [0.15, 0.2) is 28.7 Å². The molecule has 0 N–H and O–H groups in total. The quantitative estimate of drug-likeness (QED) is 0.854. The van der Waals surface area contributed by atoms with Gasteiger partial charge in [0.05, 0.1) is 6.04 Å². The summed E-state index contributed by atoms with van der Waals surface area (Å²) in [5.41, 5.74) is 1.44. The number of aromatic nitrogens is 4. The smallest absolute Gasteiger partial charge is 0.167 e. The zero-order chi connectivity index (χ0) is 14.8. The molecule has 112 valence electrons. The summed E-state index contributed by atoms with van der Waals surface area (Å²) >= 11 is 3.67. The average molecular weight is 350 g/mol. The molecule has 1 aromatic carbocycles. The third-order valence-electron chi connectivity index (χ3n) is 4.45. The van der Waals surface area contributed by atoms with Gasteiger partial charge >= 0.3 is 0 Å². The molecule has 0 saturated carbocycles. The third kappa shape index (κ3) is 3.01. The summed E-state index contributed by atoms with van der Waals surface area (Å²) in [6.07, 6.45) is 2.36. The molecule has 1 fully saturated rings.